The molecule has 0 radical (unpaired) electrons. The summed E-state index contributed by atoms with van der Waals surface area (Å²) < 4.78 is 5.62. The molecule has 1 fully saturated rings. The Morgan fingerprint density at radius 3 is 2.85 bits per heavy atom. The lowest BCUT2D eigenvalue weighted by molar-refractivity contribution is 0.0896. The van der Waals surface area contributed by atoms with Crippen molar-refractivity contribution in [3.8, 4) is 5.75 Å². The average molecular weight is 277 g/mol. The standard InChI is InChI=1S/C16H27N3O/c1-5-20-14-8-6-7-13(11-14)16(17-2)15-12-18(3)9-10-19(15)4/h6-8,11,15-17H,5,9-10,12H2,1-4H3. The molecular weight excluding hydrogens is 250 g/mol. The number of piperazine rings is 1. The number of nitrogens with one attached hydrogen (secondary N) is 1. The van der Waals surface area contributed by atoms with Crippen LogP contribution >= 0.6 is 0 Å². The van der Waals surface area contributed by atoms with Crippen LogP contribution in [0.2, 0.25) is 0 Å². The van der Waals surface area contributed by atoms with Crippen LogP contribution in [0, 0.1) is 0 Å². The van der Waals surface area contributed by atoms with Gasteiger partial charge in [-0.2, -0.15) is 0 Å². The van der Waals surface area contributed by atoms with Crippen LogP contribution in [0.15, 0.2) is 24.3 Å². The van der Waals surface area contributed by atoms with E-state index in [0.717, 1.165) is 25.4 Å². The first kappa shape index (κ1) is 15.3. The van der Waals surface area contributed by atoms with Gasteiger partial charge in [0, 0.05) is 31.7 Å². The molecule has 4 heteroatoms. The Hall–Kier alpha value is -1.10. The van der Waals surface area contributed by atoms with E-state index < -0.39 is 0 Å². The van der Waals surface area contributed by atoms with Crippen LogP contribution in [0.1, 0.15) is 18.5 Å². The highest BCUT2D eigenvalue weighted by molar-refractivity contribution is 5.31. The average Bonchev–Trinajstić information content (AvgIpc) is 2.44. The number of hydrogen-bond acceptors (Lipinski definition) is 4. The molecule has 1 heterocycles. The van der Waals surface area contributed by atoms with Gasteiger partial charge in [0.25, 0.3) is 0 Å². The molecule has 4 nitrogen and oxygen atoms in total. The van der Waals surface area contributed by atoms with E-state index in [9.17, 15) is 0 Å². The first-order chi connectivity index (χ1) is 9.65. The molecule has 20 heavy (non-hydrogen) atoms. The molecule has 0 saturated carbocycles. The van der Waals surface area contributed by atoms with Gasteiger partial charge in [-0.15, -0.1) is 0 Å². The maximum Gasteiger partial charge on any atom is 0.119 e. The number of benzene rings is 1. The SMILES string of the molecule is CCOc1cccc(C(NC)C2CN(C)CCN2C)c1. The second-order valence-electron chi connectivity index (χ2n) is 5.58. The molecular formula is C16H27N3O. The van der Waals surface area contributed by atoms with E-state index in [1.165, 1.54) is 5.56 Å². The second-order valence-corrected chi connectivity index (χ2v) is 5.58. The molecule has 2 rings (SSSR count). The Kier molecular flexibility index (Phi) is 5.40. The lowest BCUT2D eigenvalue weighted by Crippen LogP contribution is -2.54. The van der Waals surface area contributed by atoms with E-state index in [1.54, 1.807) is 0 Å². The van der Waals surface area contributed by atoms with Crippen molar-refractivity contribution in [3.05, 3.63) is 29.8 Å². The Balaban J connectivity index is 2.20. The summed E-state index contributed by atoms with van der Waals surface area (Å²) in [5.41, 5.74) is 1.30. The van der Waals surface area contributed by atoms with Gasteiger partial charge < -0.3 is 15.0 Å². The van der Waals surface area contributed by atoms with Crippen molar-refractivity contribution in [1.29, 1.82) is 0 Å². The van der Waals surface area contributed by atoms with E-state index in [4.69, 9.17) is 4.74 Å². The number of rotatable bonds is 5. The molecule has 0 aliphatic carbocycles. The van der Waals surface area contributed by atoms with Crippen molar-refractivity contribution in [2.75, 3.05) is 47.4 Å². The second kappa shape index (κ2) is 7.07. The summed E-state index contributed by atoms with van der Waals surface area (Å²) in [7, 11) is 6.46. The van der Waals surface area contributed by atoms with Gasteiger partial charge in [0.2, 0.25) is 0 Å². The monoisotopic (exact) mass is 277 g/mol. The normalized spacial score (nSPS) is 22.7. The topological polar surface area (TPSA) is 27.7 Å². The van der Waals surface area contributed by atoms with Gasteiger partial charge in [-0.3, -0.25) is 4.90 Å². The van der Waals surface area contributed by atoms with E-state index in [0.29, 0.717) is 18.7 Å². The van der Waals surface area contributed by atoms with Crippen LogP contribution in [0.25, 0.3) is 0 Å². The summed E-state index contributed by atoms with van der Waals surface area (Å²) in [5, 5.41) is 3.48. The molecule has 1 saturated heterocycles. The van der Waals surface area contributed by atoms with Crippen molar-refractivity contribution < 1.29 is 4.74 Å². The third kappa shape index (κ3) is 3.51. The molecule has 1 aliphatic heterocycles. The Morgan fingerprint density at radius 1 is 1.35 bits per heavy atom. The number of nitrogens with zero attached hydrogens (tertiary/aromatic N) is 2. The third-order valence-electron chi connectivity index (χ3n) is 4.12. The zero-order chi connectivity index (χ0) is 14.5. The fourth-order valence-electron chi connectivity index (χ4n) is 2.95. The summed E-state index contributed by atoms with van der Waals surface area (Å²) in [5.74, 6) is 0.956. The fourth-order valence-corrected chi connectivity index (χ4v) is 2.95. The molecule has 0 spiro atoms. The van der Waals surface area contributed by atoms with Crippen LogP contribution in [-0.4, -0.2) is 63.2 Å². The fraction of sp³-hybridized carbons (Fsp3) is 0.625. The largest absolute Gasteiger partial charge is 0.494 e. The molecule has 112 valence electrons. The Labute approximate surface area is 122 Å². The molecule has 1 aromatic carbocycles. The van der Waals surface area contributed by atoms with Gasteiger partial charge in [0.1, 0.15) is 5.75 Å². The predicted octanol–water partition coefficient (Wildman–Crippen LogP) is 1.59. The zero-order valence-corrected chi connectivity index (χ0v) is 13.1. The quantitative estimate of drug-likeness (QED) is 0.884. The maximum atomic E-state index is 5.62. The Morgan fingerprint density at radius 2 is 2.15 bits per heavy atom. The van der Waals surface area contributed by atoms with Crippen molar-refractivity contribution in [2.24, 2.45) is 0 Å². The molecule has 2 atom stereocenters. The molecule has 0 bridgehead atoms. The van der Waals surface area contributed by atoms with Crippen molar-refractivity contribution in [3.63, 3.8) is 0 Å². The number of hydrogen-bond donors (Lipinski definition) is 1. The third-order valence-corrected chi connectivity index (χ3v) is 4.12. The minimum absolute atomic E-state index is 0.322. The van der Waals surface area contributed by atoms with Crippen LogP contribution in [0.5, 0.6) is 5.75 Å². The van der Waals surface area contributed by atoms with E-state index in [-0.39, 0.29) is 0 Å². The minimum atomic E-state index is 0.322. The van der Waals surface area contributed by atoms with Crippen LogP contribution < -0.4 is 10.1 Å². The van der Waals surface area contributed by atoms with Crippen LogP contribution in [-0.2, 0) is 0 Å². The smallest absolute Gasteiger partial charge is 0.119 e. The summed E-state index contributed by atoms with van der Waals surface area (Å²) in [6, 6.07) is 9.26. The summed E-state index contributed by atoms with van der Waals surface area (Å²) in [6.45, 7) is 6.07. The van der Waals surface area contributed by atoms with Crippen molar-refractivity contribution in [1.82, 2.24) is 15.1 Å². The number of ether oxygens (including phenoxy) is 1. The van der Waals surface area contributed by atoms with E-state index in [2.05, 4.69) is 47.4 Å². The summed E-state index contributed by atoms with van der Waals surface area (Å²) >= 11 is 0. The minimum Gasteiger partial charge on any atom is -0.494 e. The molecule has 0 aromatic heterocycles. The molecule has 2 unspecified atom stereocenters. The van der Waals surface area contributed by atoms with Gasteiger partial charge >= 0.3 is 0 Å². The lowest BCUT2D eigenvalue weighted by Gasteiger charge is -2.42. The first-order valence-electron chi connectivity index (χ1n) is 7.44. The number of likely N-dealkylation sites (N-methyl/N-ethyl adjacent to an activating group) is 3. The summed E-state index contributed by atoms with van der Waals surface area (Å²) in [4.78, 5) is 4.86. The van der Waals surface area contributed by atoms with Gasteiger partial charge in [-0.05, 0) is 45.8 Å². The summed E-state index contributed by atoms with van der Waals surface area (Å²) in [6.07, 6.45) is 0. The molecule has 1 aromatic rings. The highest BCUT2D eigenvalue weighted by Crippen LogP contribution is 2.25. The highest BCUT2D eigenvalue weighted by atomic mass is 16.5. The van der Waals surface area contributed by atoms with Gasteiger partial charge in [-0.1, -0.05) is 12.1 Å². The van der Waals surface area contributed by atoms with Crippen molar-refractivity contribution >= 4 is 0 Å². The van der Waals surface area contributed by atoms with Gasteiger partial charge in [0.05, 0.1) is 6.61 Å². The molecule has 1 N–H and O–H groups in total. The van der Waals surface area contributed by atoms with Crippen molar-refractivity contribution in [2.45, 2.75) is 19.0 Å². The van der Waals surface area contributed by atoms with E-state index >= 15 is 0 Å². The highest BCUT2D eigenvalue weighted by Gasteiger charge is 2.30. The van der Waals surface area contributed by atoms with Gasteiger partial charge in [-0.25, -0.2) is 0 Å². The van der Waals surface area contributed by atoms with Crippen LogP contribution in [0.3, 0.4) is 0 Å². The maximum absolute atomic E-state index is 5.62. The first-order valence-corrected chi connectivity index (χ1v) is 7.44. The Bertz CT molecular complexity index is 424. The zero-order valence-electron chi connectivity index (χ0n) is 13.1. The molecule has 0 amide bonds. The van der Waals surface area contributed by atoms with E-state index in [1.807, 2.05) is 20.0 Å². The van der Waals surface area contributed by atoms with Gasteiger partial charge in [0.15, 0.2) is 0 Å². The lowest BCUT2D eigenvalue weighted by atomic mass is 9.96. The molecule has 1 aliphatic rings. The van der Waals surface area contributed by atoms with Crippen LogP contribution in [0.4, 0.5) is 0 Å². The predicted molar refractivity (Wildman–Crippen MR) is 83.3 cm³/mol.